The van der Waals surface area contributed by atoms with E-state index in [1.807, 2.05) is 4.90 Å². The first-order valence-corrected chi connectivity index (χ1v) is 10.2. The van der Waals surface area contributed by atoms with Crippen LogP contribution in [0.3, 0.4) is 0 Å². The summed E-state index contributed by atoms with van der Waals surface area (Å²) < 4.78 is 38.4. The van der Waals surface area contributed by atoms with E-state index in [0.29, 0.717) is 54.8 Å². The third-order valence-electron chi connectivity index (χ3n) is 4.49. The van der Waals surface area contributed by atoms with Gasteiger partial charge in [-0.1, -0.05) is 0 Å². The minimum absolute atomic E-state index is 0.00638. The Bertz CT molecular complexity index is 1170. The molecule has 3 heterocycles. The summed E-state index contributed by atoms with van der Waals surface area (Å²) in [5, 5.41) is 0. The maximum absolute atomic E-state index is 12.8. The van der Waals surface area contributed by atoms with Gasteiger partial charge in [0, 0.05) is 13.1 Å². The van der Waals surface area contributed by atoms with E-state index in [1.165, 1.54) is 18.2 Å². The zero-order valence-electron chi connectivity index (χ0n) is 15.4. The summed E-state index contributed by atoms with van der Waals surface area (Å²) in [6.45, 7) is 6.04. The molecule has 4 rings (SSSR count). The smallest absolute Gasteiger partial charge is 0.408 e. The molecule has 0 radical (unpaired) electrons. The number of hydrogen-bond donors (Lipinski definition) is 2. The van der Waals surface area contributed by atoms with E-state index in [2.05, 4.69) is 19.7 Å². The van der Waals surface area contributed by atoms with E-state index < -0.39 is 15.8 Å². The van der Waals surface area contributed by atoms with Gasteiger partial charge in [-0.05, 0) is 32.0 Å². The first-order chi connectivity index (χ1) is 13.3. The molecule has 0 atom stereocenters. The Morgan fingerprint density at radius 2 is 1.82 bits per heavy atom. The first-order valence-electron chi connectivity index (χ1n) is 8.67. The third-order valence-corrected chi connectivity index (χ3v) is 5.84. The van der Waals surface area contributed by atoms with Gasteiger partial charge in [0.1, 0.15) is 0 Å². The number of fused-ring (bicyclic) bond motifs is 1. The monoisotopic (exact) mass is 405 g/mol. The zero-order chi connectivity index (χ0) is 19.9. The highest BCUT2D eigenvalue weighted by molar-refractivity contribution is 7.92. The van der Waals surface area contributed by atoms with Crippen molar-refractivity contribution in [3.63, 3.8) is 0 Å². The third kappa shape index (κ3) is 3.45. The Hall–Kier alpha value is -2.92. The average Bonchev–Trinajstić information content (AvgIpc) is 3.04. The number of nitrogens with one attached hydrogen (secondary N) is 2. The average molecular weight is 405 g/mol. The molecule has 0 saturated carbocycles. The van der Waals surface area contributed by atoms with Gasteiger partial charge in [-0.15, -0.1) is 0 Å². The Balaban J connectivity index is 1.65. The molecule has 3 aromatic rings. The van der Waals surface area contributed by atoms with Gasteiger partial charge >= 0.3 is 5.76 Å². The van der Waals surface area contributed by atoms with Crippen LogP contribution in [0.5, 0.6) is 0 Å². The molecule has 0 amide bonds. The topological polar surface area (TPSA) is 130 Å². The van der Waals surface area contributed by atoms with Crippen molar-refractivity contribution in [2.75, 3.05) is 35.9 Å². The molecule has 148 valence electrons. The highest BCUT2D eigenvalue weighted by Crippen LogP contribution is 2.25. The first kappa shape index (κ1) is 18.4. The van der Waals surface area contributed by atoms with Crippen molar-refractivity contribution < 1.29 is 17.6 Å². The zero-order valence-corrected chi connectivity index (χ0v) is 16.2. The Morgan fingerprint density at radius 1 is 1.14 bits per heavy atom. The summed E-state index contributed by atoms with van der Waals surface area (Å²) in [6, 6.07) is 4.14. The van der Waals surface area contributed by atoms with Crippen LogP contribution >= 0.6 is 0 Å². The molecule has 11 heteroatoms. The standard InChI is InChI=1S/C17H19N5O5S/c1-10-15(11(2)19-16(18-10)22-5-7-26-8-6-22)21-28(24,25)12-3-4-14-13(9-12)20-17(23)27-14/h3-4,9,21H,5-8H2,1-2H3,(H,20,23). The SMILES string of the molecule is Cc1nc(N2CCOCC2)nc(C)c1NS(=O)(=O)c1ccc2oc(=O)[nH]c2c1. The fraction of sp³-hybridized carbons (Fsp3) is 0.353. The van der Waals surface area contributed by atoms with Crippen LogP contribution in [-0.2, 0) is 14.8 Å². The van der Waals surface area contributed by atoms with Crippen LogP contribution in [0.25, 0.3) is 11.1 Å². The van der Waals surface area contributed by atoms with Gasteiger partial charge in [-0.2, -0.15) is 0 Å². The number of oxazole rings is 1. The lowest BCUT2D eigenvalue weighted by Gasteiger charge is -2.27. The van der Waals surface area contributed by atoms with Gasteiger partial charge in [0.2, 0.25) is 5.95 Å². The van der Waals surface area contributed by atoms with Crippen molar-refractivity contribution >= 4 is 32.8 Å². The molecule has 0 aliphatic carbocycles. The van der Waals surface area contributed by atoms with Gasteiger partial charge in [0.25, 0.3) is 10.0 Å². The van der Waals surface area contributed by atoms with E-state index in [0.717, 1.165) is 0 Å². The molecule has 0 unspecified atom stereocenters. The summed E-state index contributed by atoms with van der Waals surface area (Å²) in [4.78, 5) is 24.6. The number of hydrogen-bond acceptors (Lipinski definition) is 8. The van der Waals surface area contributed by atoms with Crippen molar-refractivity contribution in [1.82, 2.24) is 15.0 Å². The summed E-state index contributed by atoms with van der Waals surface area (Å²) in [6.07, 6.45) is 0. The van der Waals surface area contributed by atoms with E-state index >= 15 is 0 Å². The van der Waals surface area contributed by atoms with Gasteiger partial charge in [0.15, 0.2) is 5.58 Å². The van der Waals surface area contributed by atoms with E-state index in [9.17, 15) is 13.2 Å². The number of aromatic nitrogens is 3. The van der Waals surface area contributed by atoms with Crippen molar-refractivity contribution in [2.24, 2.45) is 0 Å². The van der Waals surface area contributed by atoms with Crippen LogP contribution in [0.1, 0.15) is 11.4 Å². The van der Waals surface area contributed by atoms with E-state index in [-0.39, 0.29) is 10.5 Å². The predicted molar refractivity (Wildman–Crippen MR) is 102 cm³/mol. The van der Waals surface area contributed by atoms with Crippen LogP contribution in [0.2, 0.25) is 0 Å². The Morgan fingerprint density at radius 3 is 2.50 bits per heavy atom. The number of anilines is 2. The van der Waals surface area contributed by atoms with Crippen molar-refractivity contribution in [1.29, 1.82) is 0 Å². The minimum atomic E-state index is -3.91. The normalized spacial score (nSPS) is 15.1. The Kier molecular flexibility index (Phi) is 4.55. The molecular formula is C17H19N5O5S. The summed E-state index contributed by atoms with van der Waals surface area (Å²) in [5.74, 6) is -0.0880. The van der Waals surface area contributed by atoms with Crippen LogP contribution < -0.4 is 15.4 Å². The lowest BCUT2D eigenvalue weighted by Crippen LogP contribution is -2.37. The molecule has 28 heavy (non-hydrogen) atoms. The van der Waals surface area contributed by atoms with Crippen molar-refractivity contribution in [2.45, 2.75) is 18.7 Å². The van der Waals surface area contributed by atoms with Crippen LogP contribution in [0.4, 0.5) is 11.6 Å². The number of nitrogens with zero attached hydrogens (tertiary/aromatic N) is 3. The largest absolute Gasteiger partial charge is 0.417 e. The second-order valence-electron chi connectivity index (χ2n) is 6.45. The van der Waals surface area contributed by atoms with Crippen LogP contribution in [-0.4, -0.2) is 49.7 Å². The maximum atomic E-state index is 12.8. The maximum Gasteiger partial charge on any atom is 0.417 e. The van der Waals surface area contributed by atoms with Crippen molar-refractivity contribution in [3.8, 4) is 0 Å². The Labute approximate surface area is 160 Å². The molecule has 10 nitrogen and oxygen atoms in total. The fourth-order valence-corrected chi connectivity index (χ4v) is 4.24. The highest BCUT2D eigenvalue weighted by Gasteiger charge is 2.21. The second-order valence-corrected chi connectivity index (χ2v) is 8.13. The summed E-state index contributed by atoms with van der Waals surface area (Å²) in [5.41, 5.74) is 1.97. The molecular weight excluding hydrogens is 386 g/mol. The second kappa shape index (κ2) is 6.91. The molecule has 0 spiro atoms. The molecule has 1 aliphatic heterocycles. The number of sulfonamides is 1. The number of morpholine rings is 1. The van der Waals surface area contributed by atoms with E-state index in [4.69, 9.17) is 9.15 Å². The minimum Gasteiger partial charge on any atom is -0.408 e. The van der Waals surface area contributed by atoms with Gasteiger partial charge in [0.05, 0.1) is 40.7 Å². The number of aromatic amines is 1. The van der Waals surface area contributed by atoms with Crippen molar-refractivity contribution in [3.05, 3.63) is 40.1 Å². The lowest BCUT2D eigenvalue weighted by atomic mass is 10.3. The number of H-pyrrole nitrogens is 1. The predicted octanol–water partition coefficient (Wildman–Crippen LogP) is 1.17. The molecule has 1 aromatic carbocycles. The van der Waals surface area contributed by atoms with Gasteiger partial charge < -0.3 is 14.1 Å². The molecule has 2 N–H and O–H groups in total. The summed E-state index contributed by atoms with van der Waals surface area (Å²) >= 11 is 0. The molecule has 2 aromatic heterocycles. The molecule has 0 bridgehead atoms. The van der Waals surface area contributed by atoms with Crippen LogP contribution in [0, 0.1) is 13.8 Å². The lowest BCUT2D eigenvalue weighted by molar-refractivity contribution is 0.122. The number of rotatable bonds is 4. The van der Waals surface area contributed by atoms with E-state index in [1.54, 1.807) is 13.8 Å². The number of aryl methyl sites for hydroxylation is 2. The molecule has 1 aliphatic rings. The summed E-state index contributed by atoms with van der Waals surface area (Å²) in [7, 11) is -3.91. The van der Waals surface area contributed by atoms with Gasteiger partial charge in [-0.3, -0.25) is 9.71 Å². The quantitative estimate of drug-likeness (QED) is 0.661. The highest BCUT2D eigenvalue weighted by atomic mass is 32.2. The fourth-order valence-electron chi connectivity index (χ4n) is 3.04. The number of ether oxygens (including phenoxy) is 1. The molecule has 1 saturated heterocycles. The number of benzene rings is 1. The van der Waals surface area contributed by atoms with Gasteiger partial charge in [-0.25, -0.2) is 23.2 Å². The molecule has 1 fully saturated rings. The van der Waals surface area contributed by atoms with Crippen LogP contribution in [0.15, 0.2) is 32.3 Å².